The van der Waals surface area contributed by atoms with E-state index in [1.807, 2.05) is 4.72 Å². The number of aromatic amines is 1. The maximum absolute atomic E-state index is 12.4. The van der Waals surface area contributed by atoms with Crippen LogP contribution in [0.25, 0.3) is 0 Å². The molecule has 8 nitrogen and oxygen atoms in total. The molecule has 2 aromatic rings. The molecule has 1 aliphatic rings. The Kier molecular flexibility index (Phi) is 4.34. The lowest BCUT2D eigenvalue weighted by Crippen LogP contribution is -2.32. The van der Waals surface area contributed by atoms with Gasteiger partial charge in [0.2, 0.25) is 11.8 Å². The number of carbonyl (C=O) groups excluding carboxylic acids is 2. The van der Waals surface area contributed by atoms with Crippen LogP contribution in [0, 0.1) is 0 Å². The summed E-state index contributed by atoms with van der Waals surface area (Å²) in [6.07, 6.45) is 3.02. The molecule has 0 spiro atoms. The molecule has 0 radical (unpaired) electrons. The molecule has 3 rings (SSSR count). The van der Waals surface area contributed by atoms with Gasteiger partial charge in [0.25, 0.3) is 10.0 Å². The first kappa shape index (κ1) is 16.2. The molecular weight excluding hydrogens is 332 g/mol. The van der Waals surface area contributed by atoms with Gasteiger partial charge in [0, 0.05) is 24.0 Å². The van der Waals surface area contributed by atoms with Crippen molar-refractivity contribution < 1.29 is 18.0 Å². The Balaban J connectivity index is 1.78. The molecule has 24 heavy (non-hydrogen) atoms. The first-order valence-electron chi connectivity index (χ1n) is 7.41. The van der Waals surface area contributed by atoms with Gasteiger partial charge in [-0.25, -0.2) is 13.1 Å². The Hall–Kier alpha value is -2.68. The van der Waals surface area contributed by atoms with Crippen LogP contribution in [0.5, 0.6) is 0 Å². The van der Waals surface area contributed by atoms with E-state index in [4.69, 9.17) is 0 Å². The molecule has 0 aliphatic carbocycles. The van der Waals surface area contributed by atoms with E-state index in [9.17, 15) is 18.0 Å². The summed E-state index contributed by atoms with van der Waals surface area (Å²) in [6.45, 7) is 0. The Morgan fingerprint density at radius 2 is 2.08 bits per heavy atom. The summed E-state index contributed by atoms with van der Waals surface area (Å²) in [5.74, 6) is -0.736. The zero-order valence-corrected chi connectivity index (χ0v) is 13.5. The van der Waals surface area contributed by atoms with Crippen LogP contribution < -0.4 is 10.0 Å². The van der Waals surface area contributed by atoms with Crippen LogP contribution >= 0.6 is 0 Å². The number of H-pyrrole nitrogens is 1. The number of aryl methyl sites for hydroxylation is 1. The van der Waals surface area contributed by atoms with Gasteiger partial charge in [0.15, 0.2) is 0 Å². The van der Waals surface area contributed by atoms with Gasteiger partial charge in [-0.05, 0) is 42.7 Å². The highest BCUT2D eigenvalue weighted by Crippen LogP contribution is 2.25. The number of amides is 2. The zero-order chi connectivity index (χ0) is 17.2. The second-order valence-corrected chi connectivity index (χ2v) is 7.19. The van der Waals surface area contributed by atoms with Gasteiger partial charge >= 0.3 is 0 Å². The van der Waals surface area contributed by atoms with Crippen molar-refractivity contribution in [3.8, 4) is 0 Å². The molecule has 0 unspecified atom stereocenters. The van der Waals surface area contributed by atoms with Crippen molar-refractivity contribution in [2.24, 2.45) is 0 Å². The van der Waals surface area contributed by atoms with Crippen molar-refractivity contribution in [1.29, 1.82) is 0 Å². The van der Waals surface area contributed by atoms with Crippen LogP contribution in [-0.4, -0.2) is 30.4 Å². The van der Waals surface area contributed by atoms with E-state index in [2.05, 4.69) is 15.5 Å². The SMILES string of the molecule is O=C1CCCc2cc(S(=O)(=O)NC(=O)Cc3ccn[nH]3)ccc2N1. The minimum Gasteiger partial charge on any atom is -0.326 e. The number of aromatic nitrogens is 2. The topological polar surface area (TPSA) is 121 Å². The molecule has 3 N–H and O–H groups in total. The quantitative estimate of drug-likeness (QED) is 0.752. The average Bonchev–Trinajstić information content (AvgIpc) is 2.93. The van der Waals surface area contributed by atoms with Gasteiger partial charge in [0.1, 0.15) is 0 Å². The maximum Gasteiger partial charge on any atom is 0.264 e. The number of anilines is 1. The number of fused-ring (bicyclic) bond motifs is 1. The minimum absolute atomic E-state index is 0.00430. The molecule has 0 saturated heterocycles. The summed E-state index contributed by atoms with van der Waals surface area (Å²) in [5.41, 5.74) is 1.87. The van der Waals surface area contributed by atoms with Crippen molar-refractivity contribution in [2.75, 3.05) is 5.32 Å². The average molecular weight is 348 g/mol. The molecule has 2 heterocycles. The third-order valence-electron chi connectivity index (χ3n) is 3.67. The summed E-state index contributed by atoms with van der Waals surface area (Å²) in [6, 6.07) is 6.01. The highest BCUT2D eigenvalue weighted by atomic mass is 32.2. The van der Waals surface area contributed by atoms with Crippen LogP contribution in [0.1, 0.15) is 24.1 Å². The number of hydrogen-bond donors (Lipinski definition) is 3. The summed E-state index contributed by atoms with van der Waals surface area (Å²) in [4.78, 5) is 23.4. The van der Waals surface area contributed by atoms with Gasteiger partial charge in [-0.1, -0.05) is 0 Å². The highest BCUT2D eigenvalue weighted by Gasteiger charge is 2.21. The molecule has 0 bridgehead atoms. The van der Waals surface area contributed by atoms with Gasteiger partial charge in [-0.3, -0.25) is 14.7 Å². The van der Waals surface area contributed by atoms with Gasteiger partial charge in [-0.15, -0.1) is 0 Å². The molecule has 1 aliphatic heterocycles. The summed E-state index contributed by atoms with van der Waals surface area (Å²) < 4.78 is 26.8. The van der Waals surface area contributed by atoms with Gasteiger partial charge in [-0.2, -0.15) is 5.10 Å². The summed E-state index contributed by atoms with van der Waals surface area (Å²) in [5, 5.41) is 9.04. The fourth-order valence-electron chi connectivity index (χ4n) is 2.52. The fourth-order valence-corrected chi connectivity index (χ4v) is 3.55. The number of nitrogens with zero attached hydrogens (tertiary/aromatic N) is 1. The second kappa shape index (κ2) is 6.44. The van der Waals surface area contributed by atoms with E-state index < -0.39 is 15.9 Å². The lowest BCUT2D eigenvalue weighted by atomic mass is 10.1. The molecule has 126 valence electrons. The fraction of sp³-hybridized carbons (Fsp3) is 0.267. The minimum atomic E-state index is -3.97. The van der Waals surface area contributed by atoms with Crippen LogP contribution in [0.2, 0.25) is 0 Å². The van der Waals surface area contributed by atoms with Gasteiger partial charge < -0.3 is 5.32 Å². The standard InChI is InChI=1S/C15H16N4O4S/c20-14-3-1-2-10-8-12(4-5-13(10)17-14)24(22,23)19-15(21)9-11-6-7-16-18-11/h4-8H,1-3,9H2,(H,16,18)(H,17,20)(H,19,21). The summed E-state index contributed by atoms with van der Waals surface area (Å²) >= 11 is 0. The molecule has 1 aromatic heterocycles. The monoisotopic (exact) mass is 348 g/mol. The van der Waals surface area contributed by atoms with Crippen molar-refractivity contribution in [1.82, 2.24) is 14.9 Å². The lowest BCUT2D eigenvalue weighted by molar-refractivity contribution is -0.119. The largest absolute Gasteiger partial charge is 0.326 e. The number of hydrogen-bond acceptors (Lipinski definition) is 5. The van der Waals surface area contributed by atoms with E-state index >= 15 is 0 Å². The van der Waals surface area contributed by atoms with E-state index in [1.54, 1.807) is 12.1 Å². The van der Waals surface area contributed by atoms with Gasteiger partial charge in [0.05, 0.1) is 11.3 Å². The Labute approximate surface area is 138 Å². The molecule has 9 heteroatoms. The van der Waals surface area contributed by atoms with Crippen LogP contribution in [0.15, 0.2) is 35.4 Å². The van der Waals surface area contributed by atoms with E-state index in [1.165, 1.54) is 18.3 Å². The van der Waals surface area contributed by atoms with Crippen LogP contribution in [0.3, 0.4) is 0 Å². The number of rotatable bonds is 4. The Bertz CT molecular complexity index is 875. The van der Waals surface area contributed by atoms with Crippen molar-refractivity contribution in [3.63, 3.8) is 0 Å². The predicted octanol–water partition coefficient (Wildman–Crippen LogP) is 0.732. The van der Waals surface area contributed by atoms with E-state index in [-0.39, 0.29) is 17.2 Å². The Morgan fingerprint density at radius 1 is 1.25 bits per heavy atom. The first-order chi connectivity index (χ1) is 11.4. The highest BCUT2D eigenvalue weighted by molar-refractivity contribution is 7.90. The smallest absolute Gasteiger partial charge is 0.264 e. The molecule has 1 aromatic carbocycles. The van der Waals surface area contributed by atoms with Crippen molar-refractivity contribution in [2.45, 2.75) is 30.6 Å². The maximum atomic E-state index is 12.4. The van der Waals surface area contributed by atoms with Crippen LogP contribution in [-0.2, 0) is 32.5 Å². The van der Waals surface area contributed by atoms with Crippen molar-refractivity contribution >= 4 is 27.5 Å². The van der Waals surface area contributed by atoms with Crippen molar-refractivity contribution in [3.05, 3.63) is 41.7 Å². The summed E-state index contributed by atoms with van der Waals surface area (Å²) in [7, 11) is -3.97. The number of nitrogens with one attached hydrogen (secondary N) is 3. The number of carbonyl (C=O) groups is 2. The third kappa shape index (κ3) is 3.62. The molecule has 2 amide bonds. The number of sulfonamides is 1. The molecular formula is C15H16N4O4S. The van der Waals surface area contributed by atoms with E-state index in [0.29, 0.717) is 30.6 Å². The predicted molar refractivity (Wildman–Crippen MR) is 85.6 cm³/mol. The normalized spacial score (nSPS) is 14.4. The first-order valence-corrected chi connectivity index (χ1v) is 8.89. The lowest BCUT2D eigenvalue weighted by Gasteiger charge is -2.11. The number of benzene rings is 1. The third-order valence-corrected chi connectivity index (χ3v) is 5.04. The second-order valence-electron chi connectivity index (χ2n) is 5.51. The van der Waals surface area contributed by atoms with E-state index in [0.717, 1.165) is 5.56 Å². The van der Waals surface area contributed by atoms with Crippen LogP contribution in [0.4, 0.5) is 5.69 Å². The zero-order valence-electron chi connectivity index (χ0n) is 12.7. The molecule has 0 atom stereocenters. The molecule has 0 saturated carbocycles. The molecule has 0 fully saturated rings. The Morgan fingerprint density at radius 3 is 2.83 bits per heavy atom.